The Morgan fingerprint density at radius 3 is 2.11 bits per heavy atom. The Hall–Kier alpha value is -0.763. The summed E-state index contributed by atoms with van der Waals surface area (Å²) in [6, 6.07) is 0. The van der Waals surface area contributed by atoms with Crippen LogP contribution in [0.25, 0.3) is 0 Å². The Kier molecular flexibility index (Phi) is 5.45. The smallest absolute Gasteiger partial charge is 0.393 e. The van der Waals surface area contributed by atoms with Crippen molar-refractivity contribution in [2.45, 2.75) is 31.7 Å². The van der Waals surface area contributed by atoms with Gasteiger partial charge in [0.05, 0.1) is 5.92 Å². The Labute approximate surface area is 108 Å². The Balaban J connectivity index is 3.00. The van der Waals surface area contributed by atoms with Gasteiger partial charge in [-0.05, 0) is 6.42 Å². The third-order valence-corrected chi connectivity index (χ3v) is 6.37. The summed E-state index contributed by atoms with van der Waals surface area (Å²) in [6.45, 7) is 2.02. The lowest BCUT2D eigenvalue weighted by molar-refractivity contribution is -0.153. The maximum atomic E-state index is 11.8. The van der Waals surface area contributed by atoms with E-state index in [1.807, 2.05) is 6.92 Å². The van der Waals surface area contributed by atoms with Crippen LogP contribution < -0.4 is 0 Å². The SMILES string of the molecule is CCCCC1C(=O)OC(=O)C1[Si](OC)(OC)OC. The number of carbonyl (C=O) groups is 2. The lowest BCUT2D eigenvalue weighted by Gasteiger charge is -2.29. The zero-order chi connectivity index (χ0) is 13.8. The maximum absolute atomic E-state index is 11.8. The van der Waals surface area contributed by atoms with Crippen LogP contribution in [0.1, 0.15) is 26.2 Å². The normalized spacial score (nSPS) is 24.4. The molecule has 0 aliphatic carbocycles. The number of unbranched alkanes of at least 4 members (excludes halogenated alkanes) is 1. The largest absolute Gasteiger partial charge is 0.515 e. The highest BCUT2D eigenvalue weighted by Crippen LogP contribution is 2.41. The lowest BCUT2D eigenvalue weighted by Crippen LogP contribution is -2.51. The molecule has 0 bridgehead atoms. The molecule has 0 aromatic heterocycles. The molecular weight excluding hydrogens is 256 g/mol. The predicted octanol–water partition coefficient (Wildman–Crippen LogP) is 1.12. The van der Waals surface area contributed by atoms with Gasteiger partial charge < -0.3 is 18.0 Å². The van der Waals surface area contributed by atoms with Gasteiger partial charge in [0.1, 0.15) is 5.54 Å². The molecule has 0 amide bonds. The first-order chi connectivity index (χ1) is 8.56. The van der Waals surface area contributed by atoms with Gasteiger partial charge >= 0.3 is 20.7 Å². The molecule has 2 atom stereocenters. The molecular formula is C11H20O6Si. The van der Waals surface area contributed by atoms with Crippen LogP contribution >= 0.6 is 0 Å². The summed E-state index contributed by atoms with van der Waals surface area (Å²) in [7, 11) is 1.07. The molecule has 0 N–H and O–H groups in total. The van der Waals surface area contributed by atoms with Crippen molar-refractivity contribution in [3.05, 3.63) is 0 Å². The standard InChI is InChI=1S/C11H20O6Si/c1-5-6-7-8-9(11(13)17-10(8)12)18(14-2,15-3)16-4/h8-9H,5-7H2,1-4H3. The van der Waals surface area contributed by atoms with E-state index < -0.39 is 32.2 Å². The summed E-state index contributed by atoms with van der Waals surface area (Å²) in [5, 5.41) is 0. The molecule has 0 radical (unpaired) electrons. The molecule has 18 heavy (non-hydrogen) atoms. The summed E-state index contributed by atoms with van der Waals surface area (Å²) < 4.78 is 20.6. The molecule has 7 heteroatoms. The molecule has 1 saturated heterocycles. The van der Waals surface area contributed by atoms with E-state index in [4.69, 9.17) is 18.0 Å². The summed E-state index contributed by atoms with van der Waals surface area (Å²) in [6.07, 6.45) is 2.36. The van der Waals surface area contributed by atoms with E-state index in [-0.39, 0.29) is 0 Å². The number of carbonyl (C=O) groups excluding carboxylic acids is 2. The van der Waals surface area contributed by atoms with Gasteiger partial charge in [-0.2, -0.15) is 0 Å². The fourth-order valence-electron chi connectivity index (χ4n) is 2.27. The molecule has 2 unspecified atom stereocenters. The predicted molar refractivity (Wildman–Crippen MR) is 64.6 cm³/mol. The Morgan fingerprint density at radius 2 is 1.67 bits per heavy atom. The van der Waals surface area contributed by atoms with Crippen molar-refractivity contribution >= 4 is 20.7 Å². The first-order valence-electron chi connectivity index (χ1n) is 5.97. The fourth-order valence-corrected chi connectivity index (χ4v) is 4.67. The third-order valence-electron chi connectivity index (χ3n) is 3.26. The highest BCUT2D eigenvalue weighted by Gasteiger charge is 2.62. The van der Waals surface area contributed by atoms with Gasteiger partial charge in [-0.15, -0.1) is 0 Å². The number of hydrogen-bond donors (Lipinski definition) is 0. The molecule has 1 aliphatic rings. The van der Waals surface area contributed by atoms with Crippen molar-refractivity contribution in [1.29, 1.82) is 0 Å². The second-order valence-electron chi connectivity index (χ2n) is 4.18. The van der Waals surface area contributed by atoms with Crippen LogP contribution in [0.3, 0.4) is 0 Å². The van der Waals surface area contributed by atoms with Crippen LogP contribution in [0, 0.1) is 5.92 Å². The Morgan fingerprint density at radius 1 is 1.11 bits per heavy atom. The molecule has 0 saturated carbocycles. The molecule has 1 aliphatic heterocycles. The van der Waals surface area contributed by atoms with E-state index in [9.17, 15) is 9.59 Å². The zero-order valence-corrected chi connectivity index (χ0v) is 12.2. The van der Waals surface area contributed by atoms with Crippen molar-refractivity contribution in [3.63, 3.8) is 0 Å². The van der Waals surface area contributed by atoms with E-state index >= 15 is 0 Å². The minimum atomic E-state index is -3.20. The second-order valence-corrected chi connectivity index (χ2v) is 7.24. The molecule has 1 rings (SSSR count). The number of hydrogen-bond acceptors (Lipinski definition) is 6. The van der Waals surface area contributed by atoms with Crippen LogP contribution in [0.5, 0.6) is 0 Å². The monoisotopic (exact) mass is 276 g/mol. The van der Waals surface area contributed by atoms with Gasteiger partial charge in [-0.1, -0.05) is 19.8 Å². The van der Waals surface area contributed by atoms with Gasteiger partial charge in [0, 0.05) is 21.3 Å². The highest BCUT2D eigenvalue weighted by molar-refractivity contribution is 6.67. The molecule has 1 fully saturated rings. The summed E-state index contributed by atoms with van der Waals surface area (Å²) in [5.41, 5.74) is -0.753. The van der Waals surface area contributed by atoms with E-state index in [1.165, 1.54) is 21.3 Å². The average molecular weight is 276 g/mol. The summed E-state index contributed by atoms with van der Waals surface area (Å²) in [5.74, 6) is -1.62. The van der Waals surface area contributed by atoms with E-state index in [2.05, 4.69) is 0 Å². The number of ether oxygens (including phenoxy) is 1. The lowest BCUT2D eigenvalue weighted by atomic mass is 10.0. The molecule has 104 valence electrons. The van der Waals surface area contributed by atoms with Crippen LogP contribution in [-0.4, -0.2) is 42.1 Å². The molecule has 6 nitrogen and oxygen atoms in total. The second kappa shape index (κ2) is 6.42. The van der Waals surface area contributed by atoms with Gasteiger partial charge in [0.15, 0.2) is 0 Å². The van der Waals surface area contributed by atoms with E-state index in [0.717, 1.165) is 12.8 Å². The van der Waals surface area contributed by atoms with E-state index in [0.29, 0.717) is 6.42 Å². The average Bonchev–Trinajstić information content (AvgIpc) is 2.66. The topological polar surface area (TPSA) is 71.1 Å². The van der Waals surface area contributed by atoms with Crippen LogP contribution in [0.2, 0.25) is 5.54 Å². The number of rotatable bonds is 7. The van der Waals surface area contributed by atoms with Crippen molar-refractivity contribution < 1.29 is 27.6 Å². The molecule has 1 heterocycles. The highest BCUT2D eigenvalue weighted by atomic mass is 28.4. The van der Waals surface area contributed by atoms with E-state index in [1.54, 1.807) is 0 Å². The fraction of sp³-hybridized carbons (Fsp3) is 0.818. The van der Waals surface area contributed by atoms with Crippen LogP contribution in [0.15, 0.2) is 0 Å². The van der Waals surface area contributed by atoms with Crippen molar-refractivity contribution in [2.75, 3.05) is 21.3 Å². The minimum Gasteiger partial charge on any atom is -0.393 e. The van der Waals surface area contributed by atoms with Gasteiger partial charge in [0.25, 0.3) is 0 Å². The molecule has 0 aromatic rings. The number of esters is 2. The zero-order valence-electron chi connectivity index (χ0n) is 11.2. The Bertz CT molecular complexity index is 306. The van der Waals surface area contributed by atoms with Gasteiger partial charge in [0.2, 0.25) is 0 Å². The van der Waals surface area contributed by atoms with Gasteiger partial charge in [-0.3, -0.25) is 9.59 Å². The van der Waals surface area contributed by atoms with Crippen molar-refractivity contribution in [1.82, 2.24) is 0 Å². The van der Waals surface area contributed by atoms with Crippen LogP contribution in [0.4, 0.5) is 0 Å². The van der Waals surface area contributed by atoms with Crippen molar-refractivity contribution in [2.24, 2.45) is 5.92 Å². The first-order valence-corrected chi connectivity index (χ1v) is 7.77. The maximum Gasteiger partial charge on any atom is 0.515 e. The molecule has 0 aromatic carbocycles. The summed E-state index contributed by atoms with van der Waals surface area (Å²) in [4.78, 5) is 23.5. The van der Waals surface area contributed by atoms with Crippen molar-refractivity contribution in [3.8, 4) is 0 Å². The summed E-state index contributed by atoms with van der Waals surface area (Å²) >= 11 is 0. The first kappa shape index (κ1) is 15.3. The van der Waals surface area contributed by atoms with Gasteiger partial charge in [-0.25, -0.2) is 0 Å². The third kappa shape index (κ3) is 2.63. The minimum absolute atomic E-state index is 0.499. The number of cyclic esters (lactones) is 2. The quantitative estimate of drug-likeness (QED) is 0.394. The molecule has 0 spiro atoms. The van der Waals surface area contributed by atoms with Crippen LogP contribution in [-0.2, 0) is 27.6 Å².